The third-order valence-corrected chi connectivity index (χ3v) is 6.28. The number of nitrogens with zero attached hydrogens (tertiary/aromatic N) is 2. The molecule has 3 amide bonds. The number of amides is 3. The minimum absolute atomic E-state index is 0.0218. The van der Waals surface area contributed by atoms with Crippen LogP contribution in [0.4, 0.5) is 0 Å². The van der Waals surface area contributed by atoms with Crippen molar-refractivity contribution in [3.05, 3.63) is 0 Å². The van der Waals surface area contributed by atoms with Crippen molar-refractivity contribution < 1.29 is 14.4 Å². The summed E-state index contributed by atoms with van der Waals surface area (Å²) >= 11 is 0. The van der Waals surface area contributed by atoms with Crippen molar-refractivity contribution in [3.63, 3.8) is 0 Å². The maximum Gasteiger partial charge on any atom is 0.245 e. The van der Waals surface area contributed by atoms with Gasteiger partial charge in [-0.1, -0.05) is 59.8 Å². The monoisotopic (exact) mass is 407 g/mol. The highest BCUT2D eigenvalue weighted by Crippen LogP contribution is 2.27. The van der Waals surface area contributed by atoms with Crippen LogP contribution in [-0.2, 0) is 14.4 Å². The number of carbonyl (C=O) groups is 3. The molecule has 166 valence electrons. The van der Waals surface area contributed by atoms with Gasteiger partial charge in [0.15, 0.2) is 0 Å². The van der Waals surface area contributed by atoms with Gasteiger partial charge in [0.1, 0.15) is 6.04 Å². The van der Waals surface area contributed by atoms with Gasteiger partial charge in [-0.25, -0.2) is 0 Å². The molecule has 1 heterocycles. The Morgan fingerprint density at radius 1 is 0.897 bits per heavy atom. The van der Waals surface area contributed by atoms with Crippen molar-refractivity contribution in [1.82, 2.24) is 15.1 Å². The molecule has 1 saturated heterocycles. The van der Waals surface area contributed by atoms with E-state index in [1.165, 1.54) is 32.1 Å². The zero-order valence-corrected chi connectivity index (χ0v) is 18.9. The summed E-state index contributed by atoms with van der Waals surface area (Å²) < 4.78 is 0. The first-order valence-electron chi connectivity index (χ1n) is 11.6. The Morgan fingerprint density at radius 2 is 1.48 bits per heavy atom. The summed E-state index contributed by atoms with van der Waals surface area (Å²) in [6.45, 7) is 10.2. The number of rotatable bonds is 8. The first-order chi connectivity index (χ1) is 13.8. The van der Waals surface area contributed by atoms with Gasteiger partial charge in [-0.15, -0.1) is 0 Å². The maximum absolute atomic E-state index is 13.0. The third-order valence-electron chi connectivity index (χ3n) is 6.28. The number of carbonyl (C=O) groups excluding carboxylic acids is 3. The molecule has 2 rings (SSSR count). The molecule has 1 unspecified atom stereocenters. The molecule has 0 aromatic carbocycles. The molecule has 6 heteroatoms. The van der Waals surface area contributed by atoms with Crippen molar-refractivity contribution in [3.8, 4) is 0 Å². The largest absolute Gasteiger partial charge is 0.344 e. The summed E-state index contributed by atoms with van der Waals surface area (Å²) in [4.78, 5) is 41.4. The smallest absolute Gasteiger partial charge is 0.245 e. The van der Waals surface area contributed by atoms with Gasteiger partial charge in [-0.2, -0.15) is 0 Å². The number of hydrogen-bond donors (Lipinski definition) is 1. The van der Waals surface area contributed by atoms with Crippen LogP contribution >= 0.6 is 0 Å². The first-order valence-corrected chi connectivity index (χ1v) is 11.6. The number of hydrogen-bond acceptors (Lipinski definition) is 3. The molecule has 6 nitrogen and oxygen atoms in total. The SMILES string of the molecule is CC(C)CC(=O)NC(C(=O)N1CCN(C(=O)CCC2CCCCC2)CC1)C(C)C. The molecular weight excluding hydrogens is 366 g/mol. The van der Waals surface area contributed by atoms with E-state index in [0.29, 0.717) is 39.0 Å². The standard InChI is InChI=1S/C23H41N3O3/c1-17(2)16-20(27)24-22(18(3)4)23(29)26-14-12-25(13-15-26)21(28)11-10-19-8-6-5-7-9-19/h17-19,22H,5-16H2,1-4H3,(H,24,27). The third kappa shape index (κ3) is 7.63. The predicted molar refractivity (Wildman–Crippen MR) is 115 cm³/mol. The molecule has 0 aromatic heterocycles. The van der Waals surface area contributed by atoms with Gasteiger partial charge in [0.25, 0.3) is 0 Å². The van der Waals surface area contributed by atoms with E-state index >= 15 is 0 Å². The molecule has 2 fully saturated rings. The molecule has 1 atom stereocenters. The second-order valence-corrected chi connectivity index (χ2v) is 9.64. The van der Waals surface area contributed by atoms with Crippen LogP contribution in [0.5, 0.6) is 0 Å². The Morgan fingerprint density at radius 3 is 2.03 bits per heavy atom. The van der Waals surface area contributed by atoms with Crippen LogP contribution in [0.2, 0.25) is 0 Å². The average Bonchev–Trinajstić information content (AvgIpc) is 2.70. The van der Waals surface area contributed by atoms with Crippen molar-refractivity contribution in [2.24, 2.45) is 17.8 Å². The van der Waals surface area contributed by atoms with E-state index < -0.39 is 6.04 Å². The van der Waals surface area contributed by atoms with Crippen LogP contribution in [-0.4, -0.2) is 59.7 Å². The van der Waals surface area contributed by atoms with Crippen LogP contribution in [0.15, 0.2) is 0 Å². The Balaban J connectivity index is 1.79. The van der Waals surface area contributed by atoms with E-state index in [9.17, 15) is 14.4 Å². The van der Waals surface area contributed by atoms with Gasteiger partial charge in [0.2, 0.25) is 17.7 Å². The summed E-state index contributed by atoms with van der Waals surface area (Å²) in [5, 5.41) is 2.92. The summed E-state index contributed by atoms with van der Waals surface area (Å²) in [5.74, 6) is 1.16. The molecule has 1 aliphatic heterocycles. The van der Waals surface area contributed by atoms with Crippen molar-refractivity contribution >= 4 is 17.7 Å². The highest BCUT2D eigenvalue weighted by Gasteiger charge is 2.31. The molecule has 1 aliphatic carbocycles. The molecule has 0 radical (unpaired) electrons. The average molecular weight is 408 g/mol. The lowest BCUT2D eigenvalue weighted by molar-refractivity contribution is -0.143. The minimum atomic E-state index is -0.491. The molecule has 29 heavy (non-hydrogen) atoms. The summed E-state index contributed by atoms with van der Waals surface area (Å²) in [6.07, 6.45) is 8.58. The van der Waals surface area contributed by atoms with Gasteiger partial charge < -0.3 is 15.1 Å². The fourth-order valence-electron chi connectivity index (χ4n) is 4.45. The Kier molecular flexibility index (Phi) is 9.44. The fourth-order valence-corrected chi connectivity index (χ4v) is 4.45. The fraction of sp³-hybridized carbons (Fsp3) is 0.870. The minimum Gasteiger partial charge on any atom is -0.344 e. The van der Waals surface area contributed by atoms with E-state index in [1.54, 1.807) is 0 Å². The zero-order valence-electron chi connectivity index (χ0n) is 18.9. The molecule has 0 spiro atoms. The lowest BCUT2D eigenvalue weighted by atomic mass is 9.86. The van der Waals surface area contributed by atoms with Gasteiger partial charge >= 0.3 is 0 Å². The second kappa shape index (κ2) is 11.6. The Bertz CT molecular complexity index is 548. The lowest BCUT2D eigenvalue weighted by Gasteiger charge is -2.37. The summed E-state index contributed by atoms with van der Waals surface area (Å²) in [6, 6.07) is -0.491. The lowest BCUT2D eigenvalue weighted by Crippen LogP contribution is -2.57. The maximum atomic E-state index is 13.0. The van der Waals surface area contributed by atoms with Crippen LogP contribution in [0, 0.1) is 17.8 Å². The number of piperazine rings is 1. The normalized spacial score (nSPS) is 19.5. The van der Waals surface area contributed by atoms with Crippen molar-refractivity contribution in [1.29, 1.82) is 0 Å². The van der Waals surface area contributed by atoms with Gasteiger partial charge in [0, 0.05) is 39.0 Å². The first kappa shape index (κ1) is 23.7. The second-order valence-electron chi connectivity index (χ2n) is 9.64. The molecule has 0 aromatic rings. The van der Waals surface area contributed by atoms with E-state index in [0.717, 1.165) is 12.3 Å². The van der Waals surface area contributed by atoms with Gasteiger partial charge in [-0.3, -0.25) is 14.4 Å². The Labute approximate surface area is 176 Å². The molecule has 2 aliphatic rings. The summed E-state index contributed by atoms with van der Waals surface area (Å²) in [5.41, 5.74) is 0. The quantitative estimate of drug-likeness (QED) is 0.672. The van der Waals surface area contributed by atoms with Crippen LogP contribution in [0.3, 0.4) is 0 Å². The van der Waals surface area contributed by atoms with Gasteiger partial charge in [0.05, 0.1) is 0 Å². The number of nitrogens with one attached hydrogen (secondary N) is 1. The molecular formula is C23H41N3O3. The van der Waals surface area contributed by atoms with Crippen molar-refractivity contribution in [2.45, 2.75) is 85.1 Å². The topological polar surface area (TPSA) is 69.7 Å². The Hall–Kier alpha value is -1.59. The van der Waals surface area contributed by atoms with Crippen LogP contribution < -0.4 is 5.32 Å². The van der Waals surface area contributed by atoms with Crippen molar-refractivity contribution in [2.75, 3.05) is 26.2 Å². The van der Waals surface area contributed by atoms with Crippen LogP contribution in [0.1, 0.15) is 79.1 Å². The zero-order chi connectivity index (χ0) is 21.4. The van der Waals surface area contributed by atoms with Crippen LogP contribution in [0.25, 0.3) is 0 Å². The van der Waals surface area contributed by atoms with E-state index in [2.05, 4.69) is 5.32 Å². The molecule has 0 bridgehead atoms. The highest BCUT2D eigenvalue weighted by atomic mass is 16.2. The van der Waals surface area contributed by atoms with Gasteiger partial charge in [-0.05, 0) is 24.2 Å². The predicted octanol–water partition coefficient (Wildman–Crippen LogP) is 3.20. The van der Waals surface area contributed by atoms with E-state index in [4.69, 9.17) is 0 Å². The summed E-state index contributed by atoms with van der Waals surface area (Å²) in [7, 11) is 0. The molecule has 1 saturated carbocycles. The van der Waals surface area contributed by atoms with E-state index in [1.807, 2.05) is 37.5 Å². The highest BCUT2D eigenvalue weighted by molar-refractivity contribution is 5.88. The van der Waals surface area contributed by atoms with E-state index in [-0.39, 0.29) is 29.6 Å². The molecule has 1 N–H and O–H groups in total.